The molecule has 1 saturated heterocycles. The highest BCUT2D eigenvalue weighted by molar-refractivity contribution is 5.81. The second-order valence-corrected chi connectivity index (χ2v) is 3.92. The molecule has 1 aromatic heterocycles. The first-order valence-corrected chi connectivity index (χ1v) is 5.62. The Bertz CT molecular complexity index is 335. The van der Waals surface area contributed by atoms with E-state index in [1.54, 1.807) is 12.3 Å². The molecular formula is C11H16N4O. The Morgan fingerprint density at radius 2 is 2.50 bits per heavy atom. The van der Waals surface area contributed by atoms with Crippen molar-refractivity contribution in [3.8, 4) is 0 Å². The maximum atomic E-state index is 11.8. The largest absolute Gasteiger partial charge is 0.349 e. The number of hydrogen-bond acceptors (Lipinski definition) is 4. The summed E-state index contributed by atoms with van der Waals surface area (Å²) in [4.78, 5) is 19.6. The molecule has 1 aliphatic rings. The molecule has 1 aromatic rings. The van der Waals surface area contributed by atoms with Crippen LogP contribution in [0.1, 0.15) is 25.0 Å². The Balaban J connectivity index is 1.79. The molecule has 1 aliphatic heterocycles. The lowest BCUT2D eigenvalue weighted by Crippen LogP contribution is -2.46. The number of aromatic nitrogens is 2. The van der Waals surface area contributed by atoms with Crippen molar-refractivity contribution < 1.29 is 4.79 Å². The van der Waals surface area contributed by atoms with Gasteiger partial charge in [-0.05, 0) is 25.5 Å². The molecule has 0 radical (unpaired) electrons. The average Bonchev–Trinajstić information content (AvgIpc) is 2.38. The van der Waals surface area contributed by atoms with Crippen LogP contribution in [-0.4, -0.2) is 28.5 Å². The van der Waals surface area contributed by atoms with Gasteiger partial charge in [-0.15, -0.1) is 0 Å². The molecule has 86 valence electrons. The van der Waals surface area contributed by atoms with E-state index in [1.165, 1.54) is 6.33 Å². The van der Waals surface area contributed by atoms with Crippen molar-refractivity contribution in [2.45, 2.75) is 31.8 Å². The first-order valence-electron chi connectivity index (χ1n) is 5.62. The van der Waals surface area contributed by atoms with Gasteiger partial charge in [0.25, 0.3) is 0 Å². The smallest absolute Gasteiger partial charge is 0.237 e. The zero-order valence-electron chi connectivity index (χ0n) is 9.15. The third-order valence-corrected chi connectivity index (χ3v) is 2.71. The van der Waals surface area contributed by atoms with Gasteiger partial charge < -0.3 is 10.6 Å². The second kappa shape index (κ2) is 5.55. The number of rotatable bonds is 3. The summed E-state index contributed by atoms with van der Waals surface area (Å²) in [5.74, 6) is 0.0679. The van der Waals surface area contributed by atoms with E-state index in [0.717, 1.165) is 31.5 Å². The third kappa shape index (κ3) is 3.00. The van der Waals surface area contributed by atoms with Crippen molar-refractivity contribution >= 4 is 5.91 Å². The number of amides is 1. The molecule has 1 fully saturated rings. The summed E-state index contributed by atoms with van der Waals surface area (Å²) in [5, 5.41) is 6.09. The van der Waals surface area contributed by atoms with Gasteiger partial charge in [-0.2, -0.15) is 0 Å². The number of carbonyl (C=O) groups is 1. The molecule has 1 atom stereocenters. The van der Waals surface area contributed by atoms with E-state index < -0.39 is 0 Å². The van der Waals surface area contributed by atoms with Crippen molar-refractivity contribution in [3.05, 3.63) is 24.3 Å². The first kappa shape index (κ1) is 11.0. The number of carbonyl (C=O) groups excluding carboxylic acids is 1. The summed E-state index contributed by atoms with van der Waals surface area (Å²) >= 11 is 0. The van der Waals surface area contributed by atoms with E-state index in [9.17, 15) is 4.79 Å². The molecule has 0 aromatic carbocycles. The summed E-state index contributed by atoms with van der Waals surface area (Å²) in [6, 6.07) is 1.77. The Morgan fingerprint density at radius 1 is 1.56 bits per heavy atom. The van der Waals surface area contributed by atoms with Gasteiger partial charge in [0.05, 0.1) is 18.3 Å². The minimum atomic E-state index is -0.0319. The maximum Gasteiger partial charge on any atom is 0.237 e. The van der Waals surface area contributed by atoms with Gasteiger partial charge in [-0.25, -0.2) is 9.97 Å². The molecule has 2 N–H and O–H groups in total. The highest BCUT2D eigenvalue weighted by Gasteiger charge is 2.19. The molecule has 5 heteroatoms. The van der Waals surface area contributed by atoms with Crippen LogP contribution in [0.3, 0.4) is 0 Å². The topological polar surface area (TPSA) is 66.9 Å². The monoisotopic (exact) mass is 220 g/mol. The Morgan fingerprint density at radius 3 is 3.19 bits per heavy atom. The number of hydrogen-bond donors (Lipinski definition) is 2. The first-order chi connectivity index (χ1) is 7.86. The summed E-state index contributed by atoms with van der Waals surface area (Å²) < 4.78 is 0. The van der Waals surface area contributed by atoms with Crippen LogP contribution in [0.15, 0.2) is 18.6 Å². The van der Waals surface area contributed by atoms with Gasteiger partial charge in [0.2, 0.25) is 5.91 Å². The lowest BCUT2D eigenvalue weighted by molar-refractivity contribution is -0.123. The number of nitrogens with zero attached hydrogens (tertiary/aromatic N) is 2. The summed E-state index contributed by atoms with van der Waals surface area (Å²) in [5.41, 5.74) is 0.833. The van der Waals surface area contributed by atoms with Gasteiger partial charge in [0.15, 0.2) is 0 Å². The van der Waals surface area contributed by atoms with E-state index in [0.29, 0.717) is 6.54 Å². The molecule has 16 heavy (non-hydrogen) atoms. The molecule has 1 amide bonds. The molecule has 0 aliphatic carbocycles. The summed E-state index contributed by atoms with van der Waals surface area (Å²) in [6.07, 6.45) is 6.37. The summed E-state index contributed by atoms with van der Waals surface area (Å²) in [7, 11) is 0. The minimum absolute atomic E-state index is 0.0319. The van der Waals surface area contributed by atoms with E-state index >= 15 is 0 Å². The fourth-order valence-corrected chi connectivity index (χ4v) is 1.80. The van der Waals surface area contributed by atoms with Crippen LogP contribution >= 0.6 is 0 Å². The predicted molar refractivity (Wildman–Crippen MR) is 59.5 cm³/mol. The van der Waals surface area contributed by atoms with Crippen molar-refractivity contribution in [3.63, 3.8) is 0 Å². The van der Waals surface area contributed by atoms with E-state index in [-0.39, 0.29) is 11.9 Å². The van der Waals surface area contributed by atoms with Crippen LogP contribution in [-0.2, 0) is 11.3 Å². The van der Waals surface area contributed by atoms with Crippen LogP contribution in [0.5, 0.6) is 0 Å². The van der Waals surface area contributed by atoms with Crippen molar-refractivity contribution in [2.24, 2.45) is 0 Å². The fraction of sp³-hybridized carbons (Fsp3) is 0.545. The highest BCUT2D eigenvalue weighted by Crippen LogP contribution is 2.06. The van der Waals surface area contributed by atoms with Crippen LogP contribution in [0.25, 0.3) is 0 Å². The predicted octanol–water partition coefficient (Wildman–Crippen LogP) is 0.235. The second-order valence-electron chi connectivity index (χ2n) is 3.92. The van der Waals surface area contributed by atoms with Crippen molar-refractivity contribution in [1.82, 2.24) is 20.6 Å². The molecule has 0 saturated carbocycles. The lowest BCUT2D eigenvalue weighted by atomic mass is 10.0. The van der Waals surface area contributed by atoms with Gasteiger partial charge in [0, 0.05) is 6.20 Å². The van der Waals surface area contributed by atoms with Gasteiger partial charge in [-0.3, -0.25) is 4.79 Å². The van der Waals surface area contributed by atoms with Gasteiger partial charge in [-0.1, -0.05) is 6.42 Å². The molecule has 1 unspecified atom stereocenters. The molecule has 0 bridgehead atoms. The van der Waals surface area contributed by atoms with Crippen molar-refractivity contribution in [2.75, 3.05) is 6.54 Å². The molecule has 2 heterocycles. The quantitative estimate of drug-likeness (QED) is 0.765. The third-order valence-electron chi connectivity index (χ3n) is 2.71. The minimum Gasteiger partial charge on any atom is -0.349 e. The van der Waals surface area contributed by atoms with E-state index in [1.807, 2.05) is 0 Å². The molecular weight excluding hydrogens is 204 g/mol. The maximum absolute atomic E-state index is 11.8. The molecule has 2 rings (SSSR count). The lowest BCUT2D eigenvalue weighted by Gasteiger charge is -2.22. The molecule has 0 spiro atoms. The van der Waals surface area contributed by atoms with Gasteiger partial charge >= 0.3 is 0 Å². The van der Waals surface area contributed by atoms with E-state index in [2.05, 4.69) is 20.6 Å². The van der Waals surface area contributed by atoms with E-state index in [4.69, 9.17) is 0 Å². The van der Waals surface area contributed by atoms with Crippen LogP contribution in [0.4, 0.5) is 0 Å². The zero-order chi connectivity index (χ0) is 11.2. The zero-order valence-corrected chi connectivity index (χ0v) is 9.15. The number of nitrogens with one attached hydrogen (secondary N) is 2. The van der Waals surface area contributed by atoms with Crippen LogP contribution in [0.2, 0.25) is 0 Å². The standard InChI is InChI=1S/C11H16N4O/c16-11(10-3-1-2-5-13-10)14-7-9-4-6-12-8-15-9/h4,6,8,10,13H,1-3,5,7H2,(H,14,16). The normalized spacial score (nSPS) is 20.4. The Hall–Kier alpha value is -1.49. The number of piperidine rings is 1. The SMILES string of the molecule is O=C(NCc1ccncn1)C1CCCCN1. The Kier molecular flexibility index (Phi) is 3.82. The van der Waals surface area contributed by atoms with Crippen molar-refractivity contribution in [1.29, 1.82) is 0 Å². The highest BCUT2D eigenvalue weighted by atomic mass is 16.2. The molecule has 5 nitrogen and oxygen atoms in total. The van der Waals surface area contributed by atoms with Crippen LogP contribution in [0, 0.1) is 0 Å². The summed E-state index contributed by atoms with van der Waals surface area (Å²) in [6.45, 7) is 1.41. The Labute approximate surface area is 94.7 Å². The average molecular weight is 220 g/mol. The van der Waals surface area contributed by atoms with Crippen LogP contribution < -0.4 is 10.6 Å². The fourth-order valence-electron chi connectivity index (χ4n) is 1.80. The van der Waals surface area contributed by atoms with Gasteiger partial charge in [0.1, 0.15) is 6.33 Å².